The van der Waals surface area contributed by atoms with Crippen molar-refractivity contribution in [3.05, 3.63) is 53.4 Å². The van der Waals surface area contributed by atoms with Gasteiger partial charge >= 0.3 is 5.97 Å². The van der Waals surface area contributed by atoms with Gasteiger partial charge in [-0.15, -0.1) is 0 Å². The lowest BCUT2D eigenvalue weighted by atomic mass is 9.82. The van der Waals surface area contributed by atoms with Crippen molar-refractivity contribution in [1.82, 2.24) is 15.5 Å². The van der Waals surface area contributed by atoms with Crippen LogP contribution in [-0.2, 0) is 14.3 Å². The molecule has 4 rings (SSSR count). The molecule has 0 spiro atoms. The van der Waals surface area contributed by atoms with Gasteiger partial charge in [0.25, 0.3) is 0 Å². The lowest BCUT2D eigenvalue weighted by Crippen LogP contribution is -2.38. The topological polar surface area (TPSA) is 84.1 Å². The van der Waals surface area contributed by atoms with Gasteiger partial charge in [-0.1, -0.05) is 30.3 Å². The van der Waals surface area contributed by atoms with Gasteiger partial charge in [0.1, 0.15) is 5.60 Å². The molecular formula is C18H17N3O3. The number of cyclic esters (lactones) is 1. The molecule has 2 N–H and O–H groups in total. The molecule has 24 heavy (non-hydrogen) atoms. The van der Waals surface area contributed by atoms with Gasteiger partial charge in [-0.3, -0.25) is 9.89 Å². The molecule has 0 fully saturated rings. The Balaban J connectivity index is 1.86. The third-order valence-electron chi connectivity index (χ3n) is 4.55. The fourth-order valence-electron chi connectivity index (χ4n) is 3.44. The molecule has 6 nitrogen and oxygen atoms in total. The standard InChI is InChI=1S/C18H17N3O3/c1-18(2)16-14(17(23)24-18)11(8-13(22)20-16)12-9-19-21-15(12)10-6-4-3-5-7-10/h3-7,9,11H,8H2,1-2H3,(H,19,21)(H,20,22)/t11-/m1/s1. The highest BCUT2D eigenvalue weighted by atomic mass is 16.6. The van der Waals surface area contributed by atoms with Gasteiger partial charge in [-0.05, 0) is 19.4 Å². The van der Waals surface area contributed by atoms with Crippen molar-refractivity contribution in [3.8, 4) is 11.3 Å². The van der Waals surface area contributed by atoms with Gasteiger partial charge in [0.05, 0.1) is 23.2 Å². The summed E-state index contributed by atoms with van der Waals surface area (Å²) < 4.78 is 5.46. The molecule has 1 amide bonds. The second kappa shape index (κ2) is 5.06. The molecule has 122 valence electrons. The van der Waals surface area contributed by atoms with Gasteiger partial charge in [-0.25, -0.2) is 4.79 Å². The first-order chi connectivity index (χ1) is 11.5. The van der Waals surface area contributed by atoms with Gasteiger partial charge in [-0.2, -0.15) is 5.10 Å². The summed E-state index contributed by atoms with van der Waals surface area (Å²) in [6.07, 6.45) is 1.89. The largest absolute Gasteiger partial charge is 0.450 e. The van der Waals surface area contributed by atoms with Gasteiger partial charge < -0.3 is 10.1 Å². The van der Waals surface area contributed by atoms with Crippen molar-refractivity contribution in [3.63, 3.8) is 0 Å². The zero-order chi connectivity index (χ0) is 16.9. The van der Waals surface area contributed by atoms with Crippen molar-refractivity contribution in [2.45, 2.75) is 31.8 Å². The minimum absolute atomic E-state index is 0.120. The second-order valence-electron chi connectivity index (χ2n) is 6.56. The van der Waals surface area contributed by atoms with E-state index in [1.807, 2.05) is 30.3 Å². The summed E-state index contributed by atoms with van der Waals surface area (Å²) in [7, 11) is 0. The van der Waals surface area contributed by atoms with Crippen LogP contribution in [0.3, 0.4) is 0 Å². The third-order valence-corrected chi connectivity index (χ3v) is 4.55. The predicted octanol–water partition coefficient (Wildman–Crippen LogP) is 2.27. The summed E-state index contributed by atoms with van der Waals surface area (Å²) in [5.41, 5.74) is 2.88. The number of esters is 1. The minimum Gasteiger partial charge on any atom is -0.450 e. The van der Waals surface area contributed by atoms with Crippen LogP contribution < -0.4 is 5.32 Å². The van der Waals surface area contributed by atoms with Crippen molar-refractivity contribution in [2.24, 2.45) is 0 Å². The Kier molecular flexibility index (Phi) is 3.09. The normalized spacial score (nSPS) is 22.2. The Morgan fingerprint density at radius 1 is 1.21 bits per heavy atom. The Labute approximate surface area is 138 Å². The van der Waals surface area contributed by atoms with E-state index in [1.54, 1.807) is 20.0 Å². The maximum absolute atomic E-state index is 12.4. The zero-order valence-electron chi connectivity index (χ0n) is 13.4. The van der Waals surface area contributed by atoms with Crippen molar-refractivity contribution in [2.75, 3.05) is 0 Å². The lowest BCUT2D eigenvalue weighted by Gasteiger charge is -2.26. The highest BCUT2D eigenvalue weighted by Crippen LogP contribution is 2.44. The summed E-state index contributed by atoms with van der Waals surface area (Å²) in [5, 5.41) is 9.95. The average Bonchev–Trinajstić information content (AvgIpc) is 3.11. The van der Waals surface area contributed by atoms with E-state index in [2.05, 4.69) is 15.5 Å². The molecule has 2 aliphatic heterocycles. The molecule has 0 saturated heterocycles. The van der Waals surface area contributed by atoms with E-state index in [1.165, 1.54) is 0 Å². The zero-order valence-corrected chi connectivity index (χ0v) is 13.4. The Hall–Kier alpha value is -2.89. The number of ether oxygens (including phenoxy) is 1. The number of carbonyl (C=O) groups excluding carboxylic acids is 2. The van der Waals surface area contributed by atoms with Crippen LogP contribution >= 0.6 is 0 Å². The van der Waals surface area contributed by atoms with Crippen LogP contribution in [0.5, 0.6) is 0 Å². The average molecular weight is 323 g/mol. The predicted molar refractivity (Wildman–Crippen MR) is 86.7 cm³/mol. The number of rotatable bonds is 2. The fraction of sp³-hybridized carbons (Fsp3) is 0.278. The molecule has 0 saturated carbocycles. The summed E-state index contributed by atoms with van der Waals surface area (Å²) in [6, 6.07) is 9.74. The number of nitrogens with one attached hydrogen (secondary N) is 2. The lowest BCUT2D eigenvalue weighted by molar-refractivity contribution is -0.144. The Morgan fingerprint density at radius 2 is 1.96 bits per heavy atom. The fourth-order valence-corrected chi connectivity index (χ4v) is 3.44. The highest BCUT2D eigenvalue weighted by molar-refractivity contribution is 5.99. The molecule has 0 unspecified atom stereocenters. The van der Waals surface area contributed by atoms with E-state index in [9.17, 15) is 9.59 Å². The number of nitrogens with zero attached hydrogens (tertiary/aromatic N) is 1. The maximum Gasteiger partial charge on any atom is 0.337 e. The first kappa shape index (κ1) is 14.7. The van der Waals surface area contributed by atoms with Crippen LogP contribution in [0.2, 0.25) is 0 Å². The molecule has 0 bridgehead atoms. The van der Waals surface area contributed by atoms with E-state index in [-0.39, 0.29) is 24.2 Å². The molecule has 1 aromatic heterocycles. The van der Waals surface area contributed by atoms with Crippen molar-refractivity contribution in [1.29, 1.82) is 0 Å². The van der Waals surface area contributed by atoms with E-state index in [4.69, 9.17) is 4.74 Å². The highest BCUT2D eigenvalue weighted by Gasteiger charge is 2.48. The first-order valence-electron chi connectivity index (χ1n) is 7.84. The number of carbonyl (C=O) groups is 2. The molecule has 1 aromatic carbocycles. The van der Waals surface area contributed by atoms with Crippen LogP contribution in [0.4, 0.5) is 0 Å². The van der Waals surface area contributed by atoms with Gasteiger partial charge in [0.2, 0.25) is 5.91 Å². The summed E-state index contributed by atoms with van der Waals surface area (Å²) in [5.74, 6) is -0.859. The molecule has 0 aliphatic carbocycles. The van der Waals surface area contributed by atoms with Crippen LogP contribution in [0, 0.1) is 0 Å². The SMILES string of the molecule is CC1(C)OC(=O)C2=C1NC(=O)C[C@@H]2c1cn[nH]c1-c1ccccc1. The van der Waals surface area contributed by atoms with Gasteiger partial charge in [0, 0.05) is 17.9 Å². The van der Waals surface area contributed by atoms with Crippen LogP contribution in [-0.4, -0.2) is 27.7 Å². The molecule has 2 aliphatic rings. The third kappa shape index (κ3) is 2.14. The van der Waals surface area contributed by atoms with E-state index in [0.717, 1.165) is 16.8 Å². The number of hydrogen-bond acceptors (Lipinski definition) is 4. The first-order valence-corrected chi connectivity index (χ1v) is 7.84. The number of aromatic nitrogens is 2. The minimum atomic E-state index is -0.822. The second-order valence-corrected chi connectivity index (χ2v) is 6.56. The number of aromatic amines is 1. The van der Waals surface area contributed by atoms with E-state index in [0.29, 0.717) is 11.3 Å². The number of amides is 1. The van der Waals surface area contributed by atoms with Crippen LogP contribution in [0.15, 0.2) is 47.8 Å². The summed E-state index contributed by atoms with van der Waals surface area (Å²) in [4.78, 5) is 24.6. The summed E-state index contributed by atoms with van der Waals surface area (Å²) >= 11 is 0. The number of hydrogen-bond donors (Lipinski definition) is 2. The molecular weight excluding hydrogens is 306 g/mol. The van der Waals surface area contributed by atoms with E-state index < -0.39 is 5.60 Å². The maximum atomic E-state index is 12.4. The van der Waals surface area contributed by atoms with Crippen LogP contribution in [0.1, 0.15) is 31.7 Å². The molecule has 2 aromatic rings. The van der Waals surface area contributed by atoms with Gasteiger partial charge in [0.15, 0.2) is 0 Å². The van der Waals surface area contributed by atoms with Crippen LogP contribution in [0.25, 0.3) is 11.3 Å². The quantitative estimate of drug-likeness (QED) is 0.830. The monoisotopic (exact) mass is 323 g/mol. The molecule has 6 heteroatoms. The Bertz CT molecular complexity index is 865. The summed E-state index contributed by atoms with van der Waals surface area (Å²) in [6.45, 7) is 3.56. The molecule has 3 heterocycles. The number of benzene rings is 1. The Morgan fingerprint density at radius 3 is 2.71 bits per heavy atom. The molecule has 0 radical (unpaired) electrons. The van der Waals surface area contributed by atoms with Crippen molar-refractivity contribution < 1.29 is 14.3 Å². The number of H-pyrrole nitrogens is 1. The van der Waals surface area contributed by atoms with Crippen molar-refractivity contribution >= 4 is 11.9 Å². The van der Waals surface area contributed by atoms with E-state index >= 15 is 0 Å². The smallest absolute Gasteiger partial charge is 0.337 e. The molecule has 1 atom stereocenters.